The van der Waals surface area contributed by atoms with Crippen LogP contribution in [0, 0.1) is 87.8 Å². The Balaban J connectivity index is 0.000000122. The van der Waals surface area contributed by atoms with Gasteiger partial charge >= 0.3 is 30.2 Å². The van der Waals surface area contributed by atoms with Crippen molar-refractivity contribution in [2.45, 2.75) is 258 Å². The summed E-state index contributed by atoms with van der Waals surface area (Å²) in [5.74, 6) is 1.35. The standard InChI is InChI=1S/C21H27OS.C18H15S.C17H25O2S.C14H19F3O2.2C14H20F2O2/c1-2-8-17(9-3-1)16-22-20-12-13-21(23-14-6-7-15-23)19-11-5-4-10-18(19)20;1-4-10-16(11-5-1)19(17-12-6-2-7-13-17)18-14-8-3-9-15-18;1-13-5-7-14(8-6-13)15(18)16(17(2,3)4)20-11-9-19-10-12-20;1-13(16,17)11(15)19-12(18)14-5-8-2-9(6-14)4-10(3-8)7-14;2*1-13(15,16)8-18-12(17)14-5-9-2-10(6-14)4-11(3-9)7-14/h4-5,10-13,17H,1-3,6-9,14-16H2;1-15H;5-8,16H,9-12H2,1-4H3;8-11H,2-7H2,1H3;2*9-11H,2-8H2,1H3/q3*+1;;;. The summed E-state index contributed by atoms with van der Waals surface area (Å²) in [6, 6.07) is 53.6. The molecule has 2 aliphatic heterocycles. The van der Waals surface area contributed by atoms with Gasteiger partial charge in [-0.2, -0.15) is 13.2 Å². The lowest BCUT2D eigenvalue weighted by Crippen LogP contribution is -2.51. The van der Waals surface area contributed by atoms with Crippen molar-refractivity contribution < 1.29 is 73.6 Å². The smallest absolute Gasteiger partial charge is 0.314 e. The second-order valence-electron chi connectivity index (χ2n) is 38.4. The van der Waals surface area contributed by atoms with E-state index in [4.69, 9.17) is 18.9 Å². The Morgan fingerprint density at radius 1 is 0.462 bits per heavy atom. The highest BCUT2D eigenvalue weighted by molar-refractivity contribution is 7.98. The molecule has 9 nitrogen and oxygen atoms in total. The highest BCUT2D eigenvalue weighted by atomic mass is 32.2. The molecule has 6 aromatic carbocycles. The lowest BCUT2D eigenvalue weighted by Gasteiger charge is -2.55. The molecule has 12 bridgehead atoms. The van der Waals surface area contributed by atoms with Gasteiger partial charge in [-0.1, -0.05) is 143 Å². The maximum atomic E-state index is 13.3. The first-order valence-corrected chi connectivity index (χ1v) is 48.1. The predicted octanol–water partition coefficient (Wildman–Crippen LogP) is 24.1. The molecule has 0 aromatic heterocycles. The van der Waals surface area contributed by atoms with Crippen LogP contribution < -0.4 is 4.74 Å². The summed E-state index contributed by atoms with van der Waals surface area (Å²) in [6.45, 7) is 11.6. The van der Waals surface area contributed by atoms with E-state index in [-0.39, 0.29) is 44.4 Å². The van der Waals surface area contributed by atoms with E-state index < -0.39 is 59.6 Å². The van der Waals surface area contributed by atoms with Gasteiger partial charge in [0.15, 0.2) is 38.0 Å². The van der Waals surface area contributed by atoms with E-state index in [0.29, 0.717) is 96.1 Å². The first-order chi connectivity index (χ1) is 55.8. The van der Waals surface area contributed by atoms with Gasteiger partial charge in [0.2, 0.25) is 5.78 Å². The summed E-state index contributed by atoms with van der Waals surface area (Å²) < 4.78 is 116. The fourth-order valence-electron chi connectivity index (χ4n) is 22.9. The quantitative estimate of drug-likeness (QED) is 0.0257. The molecule has 2 saturated heterocycles. The number of benzene rings is 6. The molecule has 15 fully saturated rings. The van der Waals surface area contributed by atoms with E-state index in [2.05, 4.69) is 160 Å². The molecule has 6 aromatic rings. The van der Waals surface area contributed by atoms with Gasteiger partial charge in [-0.05, 0) is 262 Å². The SMILES string of the molecule is CC(F)(F)C(F)OC(=O)C12CC3CC(CC(C3)C1)C2.CC(F)(F)COC(=O)C12CC3CC(CC(C3)C1)C2.CC(F)(F)COC(=O)C12CC3CC(CC(C3)C1)C2.Cc1ccc(C(=O)C([S+]2CCOCC2)C(C)(C)C)cc1.c1ccc([S+](c2ccccc2)c2ccccc2)cc1.c1ccc2c([S+]3CCCC3)ccc(OCC3CCCCC3)c2c1. The van der Waals surface area contributed by atoms with E-state index in [1.54, 1.807) is 4.90 Å². The fraction of sp³-hybridized carbons (Fsp3) is 0.612. The van der Waals surface area contributed by atoms with E-state index in [0.717, 1.165) is 120 Å². The zero-order valence-electron chi connectivity index (χ0n) is 69.9. The molecule has 2 heterocycles. The zero-order chi connectivity index (χ0) is 82.9. The number of ether oxygens (including phenoxy) is 5. The van der Waals surface area contributed by atoms with Crippen LogP contribution in [0.2, 0.25) is 0 Å². The summed E-state index contributed by atoms with van der Waals surface area (Å²) in [4.78, 5) is 55.2. The molecule has 2 unspecified atom stereocenters. The molecular formula is C98H126F7O9S3+3. The van der Waals surface area contributed by atoms with Crippen LogP contribution in [0.5, 0.6) is 5.75 Å². The predicted molar refractivity (Wildman–Crippen MR) is 455 cm³/mol. The molecule has 13 aliphatic carbocycles. The minimum atomic E-state index is -3.63. The maximum Gasteiger partial charge on any atom is 0.314 e. The number of hydrogen-bond acceptors (Lipinski definition) is 9. The summed E-state index contributed by atoms with van der Waals surface area (Å²) in [7, 11) is 0.586. The van der Waals surface area contributed by atoms with Gasteiger partial charge in [-0.15, -0.1) is 0 Å². The maximum absolute atomic E-state index is 13.3. The lowest BCUT2D eigenvalue weighted by atomic mass is 9.49. The van der Waals surface area contributed by atoms with Gasteiger partial charge in [-0.25, -0.2) is 17.6 Å². The van der Waals surface area contributed by atoms with E-state index in [9.17, 15) is 49.9 Å². The van der Waals surface area contributed by atoms with Crippen LogP contribution in [0.25, 0.3) is 10.8 Å². The number of esters is 3. The summed E-state index contributed by atoms with van der Waals surface area (Å²) in [5.41, 5.74) is 0.545. The Hall–Kier alpha value is -6.02. The normalized spacial score (nSPS) is 28.7. The third-order valence-electron chi connectivity index (χ3n) is 26.9. The second-order valence-corrected chi connectivity index (χ2v) is 45.0. The van der Waals surface area contributed by atoms with Crippen molar-refractivity contribution in [3.05, 3.63) is 163 Å². The molecule has 0 radical (unpaired) electrons. The Kier molecular flexibility index (Phi) is 29.3. The monoisotopic (exact) mass is 1680 g/mol. The van der Waals surface area contributed by atoms with Gasteiger partial charge in [0.25, 0.3) is 11.8 Å². The Bertz CT molecular complexity index is 3950. The van der Waals surface area contributed by atoms with Crippen molar-refractivity contribution >= 4 is 67.1 Å². The number of hydrogen-bond donors (Lipinski definition) is 0. The highest BCUT2D eigenvalue weighted by Crippen LogP contribution is 2.63. The Labute approximate surface area is 699 Å². The van der Waals surface area contributed by atoms with Crippen LogP contribution in [-0.4, -0.2) is 109 Å². The number of Topliss-reactive ketones (excluding diaryl/α,β-unsaturated/α-hetero) is 1. The Morgan fingerprint density at radius 2 is 0.838 bits per heavy atom. The summed E-state index contributed by atoms with van der Waals surface area (Å²) >= 11 is 0. The van der Waals surface area contributed by atoms with E-state index in [1.165, 1.54) is 126 Å². The van der Waals surface area contributed by atoms with Crippen LogP contribution in [0.1, 0.15) is 218 Å². The molecular weight excluding hydrogens is 1550 g/mol. The minimum Gasteiger partial charge on any atom is -0.493 e. The number of alkyl halides is 7. The zero-order valence-corrected chi connectivity index (χ0v) is 72.4. The minimum absolute atomic E-state index is 0.00240. The van der Waals surface area contributed by atoms with Crippen molar-refractivity contribution in [3.63, 3.8) is 0 Å². The summed E-state index contributed by atoms with van der Waals surface area (Å²) in [5, 5.41) is 2.85. The van der Waals surface area contributed by atoms with Gasteiger partial charge in [-0.3, -0.25) is 19.2 Å². The van der Waals surface area contributed by atoms with Crippen molar-refractivity contribution in [2.75, 3.05) is 56.0 Å². The molecule has 0 spiro atoms. The molecule has 2 atom stereocenters. The van der Waals surface area contributed by atoms with Crippen LogP contribution in [0.15, 0.2) is 171 Å². The number of fused-ring (bicyclic) bond motifs is 1. The summed E-state index contributed by atoms with van der Waals surface area (Å²) in [6.07, 6.45) is 24.9. The largest absolute Gasteiger partial charge is 0.493 e. The van der Waals surface area contributed by atoms with Crippen molar-refractivity contribution in [1.82, 2.24) is 0 Å². The topological polar surface area (TPSA) is 114 Å². The molecule has 0 N–H and O–H groups in total. The molecule has 117 heavy (non-hydrogen) atoms. The molecule has 636 valence electrons. The van der Waals surface area contributed by atoms with Crippen LogP contribution in [-0.2, 0) is 66.0 Å². The number of halogens is 7. The first-order valence-electron chi connectivity index (χ1n) is 43.7. The van der Waals surface area contributed by atoms with Crippen LogP contribution in [0.3, 0.4) is 0 Å². The third-order valence-corrected chi connectivity index (χ3v) is 34.7. The third kappa shape index (κ3) is 23.2. The number of carbonyl (C=O) groups is 4. The molecule has 13 saturated carbocycles. The van der Waals surface area contributed by atoms with Gasteiger partial charge in [0.05, 0.1) is 47.0 Å². The van der Waals surface area contributed by atoms with Crippen LogP contribution >= 0.6 is 0 Å². The molecule has 0 amide bonds. The number of aryl methyl sites for hydroxylation is 1. The average molecular weight is 1680 g/mol. The highest BCUT2D eigenvalue weighted by Gasteiger charge is 2.59. The van der Waals surface area contributed by atoms with E-state index in [1.807, 2.05) is 24.3 Å². The molecule has 15 aliphatic rings. The Morgan fingerprint density at radius 3 is 1.21 bits per heavy atom. The van der Waals surface area contributed by atoms with E-state index >= 15 is 0 Å². The van der Waals surface area contributed by atoms with Gasteiger partial charge in [0.1, 0.15) is 28.8 Å². The first kappa shape index (κ1) is 88.8. The fourth-order valence-corrected chi connectivity index (χ4v) is 30.3. The van der Waals surface area contributed by atoms with Crippen LogP contribution in [0.4, 0.5) is 30.7 Å². The number of carbonyl (C=O) groups excluding carboxylic acids is 4. The molecule has 21 rings (SSSR count). The van der Waals surface area contributed by atoms with Crippen molar-refractivity contribution in [3.8, 4) is 5.75 Å². The average Bonchev–Trinajstić information content (AvgIpc) is 1.22. The number of rotatable bonds is 19. The second kappa shape index (κ2) is 38.6. The van der Waals surface area contributed by atoms with Crippen molar-refractivity contribution in [1.29, 1.82) is 0 Å². The van der Waals surface area contributed by atoms with Gasteiger partial charge < -0.3 is 23.7 Å². The lowest BCUT2D eigenvalue weighted by molar-refractivity contribution is -0.216. The number of ketones is 1. The van der Waals surface area contributed by atoms with Gasteiger partial charge in [0, 0.05) is 64.3 Å². The molecule has 19 heteroatoms. The van der Waals surface area contributed by atoms with Crippen molar-refractivity contribution in [2.24, 2.45) is 80.8 Å².